The van der Waals surface area contributed by atoms with Crippen molar-refractivity contribution in [3.8, 4) is 0 Å². The molecular formula is C9H18CoNO5. The van der Waals surface area contributed by atoms with Gasteiger partial charge >= 0.3 is 98.5 Å². The number of hydrogen-bond donors (Lipinski definition) is 2. The fraction of sp³-hybridized carbons (Fsp3) is 0.778. The van der Waals surface area contributed by atoms with Crippen molar-refractivity contribution in [1.29, 1.82) is 0 Å². The van der Waals surface area contributed by atoms with Crippen LogP contribution in [0.1, 0.15) is 0 Å². The zero-order valence-corrected chi connectivity index (χ0v) is 10.5. The minimum atomic E-state index is -0.908. The van der Waals surface area contributed by atoms with E-state index in [2.05, 4.69) is 0 Å². The Hall–Kier alpha value is -0.634. The molecule has 0 bridgehead atoms. The first-order valence-electron chi connectivity index (χ1n) is 4.51. The molecule has 0 saturated heterocycles. The van der Waals surface area contributed by atoms with Crippen LogP contribution in [-0.2, 0) is 28.0 Å². The summed E-state index contributed by atoms with van der Waals surface area (Å²) < 4.78 is 4.87. The molecular weight excluding hydrogens is 261 g/mol. The number of methoxy groups -OCH3 is 1. The quantitative estimate of drug-likeness (QED) is 0.624. The summed E-state index contributed by atoms with van der Waals surface area (Å²) in [5.41, 5.74) is 0.509. The van der Waals surface area contributed by atoms with Crippen LogP contribution in [0.25, 0.3) is 0 Å². The molecule has 0 aromatic rings. The minimum absolute atomic E-state index is 0.0743. The van der Waals surface area contributed by atoms with Crippen molar-refractivity contribution in [2.45, 2.75) is 11.2 Å². The molecule has 0 aliphatic heterocycles. The van der Waals surface area contributed by atoms with E-state index in [1.807, 2.05) is 5.86 Å². The maximum atomic E-state index is 10.6. The van der Waals surface area contributed by atoms with Crippen molar-refractivity contribution in [2.24, 2.45) is 0 Å². The second-order valence-corrected chi connectivity index (χ2v) is 5.88. The van der Waals surface area contributed by atoms with E-state index in [1.165, 1.54) is 0 Å². The van der Waals surface area contributed by atoms with Crippen LogP contribution in [-0.4, -0.2) is 59.3 Å². The number of ether oxygens (including phenoxy) is 1. The third-order valence-electron chi connectivity index (χ3n) is 1.60. The van der Waals surface area contributed by atoms with Crippen molar-refractivity contribution in [2.75, 3.05) is 32.3 Å². The molecule has 7 heteroatoms. The summed E-state index contributed by atoms with van der Waals surface area (Å²) in [6, 6.07) is 0. The van der Waals surface area contributed by atoms with Crippen LogP contribution in [0.2, 0.25) is 11.2 Å². The van der Waals surface area contributed by atoms with Crippen LogP contribution >= 0.6 is 0 Å². The van der Waals surface area contributed by atoms with Gasteiger partial charge in [-0.25, -0.2) is 0 Å². The first kappa shape index (κ1) is 15.4. The fourth-order valence-electron chi connectivity index (χ4n) is 1.04. The zero-order chi connectivity index (χ0) is 12.6. The molecule has 98 valence electrons. The van der Waals surface area contributed by atoms with Gasteiger partial charge in [0.2, 0.25) is 0 Å². The summed E-state index contributed by atoms with van der Waals surface area (Å²) in [4.78, 5) is 22.8. The fourth-order valence-corrected chi connectivity index (χ4v) is 2.77. The number of rotatable bonds is 9. The normalized spacial score (nSPS) is 11.6. The first-order chi connectivity index (χ1) is 7.45. The predicted octanol–water partition coefficient (Wildman–Crippen LogP) is 0.146. The summed E-state index contributed by atoms with van der Waals surface area (Å²) in [5.74, 6) is 0.104. The van der Waals surface area contributed by atoms with Gasteiger partial charge in [0.15, 0.2) is 0 Å². The molecule has 0 fully saturated rings. The van der Waals surface area contributed by atoms with Crippen molar-refractivity contribution in [3.63, 3.8) is 0 Å². The van der Waals surface area contributed by atoms with Crippen molar-refractivity contribution < 1.29 is 38.2 Å². The summed E-state index contributed by atoms with van der Waals surface area (Å²) in [7, 11) is 1.55. The Bertz CT molecular complexity index is 236. The van der Waals surface area contributed by atoms with E-state index in [-0.39, 0.29) is 11.9 Å². The van der Waals surface area contributed by atoms with E-state index in [0.29, 0.717) is 18.6 Å². The summed E-state index contributed by atoms with van der Waals surface area (Å²) >= 11 is -0.677. The van der Waals surface area contributed by atoms with E-state index in [9.17, 15) is 9.59 Å². The second-order valence-electron chi connectivity index (χ2n) is 3.19. The number of hydrogen-bond acceptors (Lipinski definition) is 4. The molecule has 0 aromatic heterocycles. The number of carboxylic acids is 2. The summed E-state index contributed by atoms with van der Waals surface area (Å²) in [6.45, 7) is 0.882. The molecule has 16 heavy (non-hydrogen) atoms. The molecule has 0 saturated carbocycles. The van der Waals surface area contributed by atoms with E-state index >= 15 is 0 Å². The number of nitrogens with zero attached hydrogens (tertiary/aromatic N) is 1. The van der Waals surface area contributed by atoms with Gasteiger partial charge in [0.1, 0.15) is 0 Å². The van der Waals surface area contributed by atoms with Crippen LogP contribution in [0.3, 0.4) is 0 Å². The van der Waals surface area contributed by atoms with Crippen molar-refractivity contribution in [1.82, 2.24) is 4.90 Å². The van der Waals surface area contributed by atoms with E-state index in [4.69, 9.17) is 14.9 Å². The van der Waals surface area contributed by atoms with Gasteiger partial charge in [0.05, 0.1) is 0 Å². The standard InChI is InChI=1S/C6H12NO3.C2H3O2.CH3.Co/c1-7(3-4-10-2)5-6(8)9;1-2(3)4;;/h1,3-5H2,2H3,(H,8,9);1H2,(H,3,4);1H3;. The van der Waals surface area contributed by atoms with Gasteiger partial charge in [-0.15, -0.1) is 0 Å². The van der Waals surface area contributed by atoms with E-state index in [0.717, 1.165) is 0 Å². The number of carbonyl (C=O) groups is 2. The average Bonchev–Trinajstić information content (AvgIpc) is 2.11. The molecule has 0 amide bonds. The molecule has 0 unspecified atom stereocenters. The molecule has 0 spiro atoms. The Labute approximate surface area is 98.9 Å². The Morgan fingerprint density at radius 1 is 1.31 bits per heavy atom. The van der Waals surface area contributed by atoms with E-state index in [1.54, 1.807) is 12.0 Å². The van der Waals surface area contributed by atoms with Gasteiger partial charge in [-0.2, -0.15) is 0 Å². The molecule has 0 aliphatic rings. The van der Waals surface area contributed by atoms with Crippen LogP contribution in [0.15, 0.2) is 0 Å². The van der Waals surface area contributed by atoms with Crippen LogP contribution in [0.4, 0.5) is 0 Å². The van der Waals surface area contributed by atoms with Gasteiger partial charge < -0.3 is 0 Å². The summed E-state index contributed by atoms with van der Waals surface area (Å²) in [5, 5.41) is 17.4. The summed E-state index contributed by atoms with van der Waals surface area (Å²) in [6.07, 6.45) is 0. The molecule has 2 N–H and O–H groups in total. The molecule has 6 nitrogen and oxygen atoms in total. The molecule has 0 aliphatic carbocycles. The van der Waals surface area contributed by atoms with Gasteiger partial charge in [-0.1, -0.05) is 0 Å². The first-order valence-corrected chi connectivity index (χ1v) is 7.03. The SMILES string of the molecule is COCCN(CC(=O)O)[CH2][Co]([CH3])[CH2]C(=O)O. The third-order valence-corrected chi connectivity index (χ3v) is 3.57. The van der Waals surface area contributed by atoms with Crippen molar-refractivity contribution >= 4 is 11.9 Å². The number of carboxylic acid groups (broad SMARTS) is 2. The molecule has 0 radical (unpaired) electrons. The molecule has 0 heterocycles. The molecule has 0 atom stereocenters. The van der Waals surface area contributed by atoms with Crippen LogP contribution < -0.4 is 0 Å². The average molecular weight is 279 g/mol. The van der Waals surface area contributed by atoms with Gasteiger partial charge in [-0.05, 0) is 0 Å². The maximum absolute atomic E-state index is 10.6. The number of aliphatic carboxylic acids is 2. The Morgan fingerprint density at radius 3 is 2.38 bits per heavy atom. The monoisotopic (exact) mass is 279 g/mol. The third kappa shape index (κ3) is 8.66. The molecule has 0 aromatic carbocycles. The Morgan fingerprint density at radius 2 is 1.94 bits per heavy atom. The topological polar surface area (TPSA) is 87.1 Å². The van der Waals surface area contributed by atoms with Crippen LogP contribution in [0.5, 0.6) is 0 Å². The van der Waals surface area contributed by atoms with Crippen LogP contribution in [0, 0.1) is 0 Å². The Balaban J connectivity index is 4.07. The van der Waals surface area contributed by atoms with Gasteiger partial charge in [0.25, 0.3) is 0 Å². The predicted molar refractivity (Wildman–Crippen MR) is 54.3 cm³/mol. The van der Waals surface area contributed by atoms with Gasteiger partial charge in [-0.3, -0.25) is 0 Å². The van der Waals surface area contributed by atoms with E-state index < -0.39 is 25.6 Å². The molecule has 0 rings (SSSR count). The zero-order valence-electron chi connectivity index (χ0n) is 9.44. The Kier molecular flexibility index (Phi) is 8.17. The second kappa shape index (κ2) is 8.51. The van der Waals surface area contributed by atoms with Crippen molar-refractivity contribution in [3.05, 3.63) is 0 Å². The van der Waals surface area contributed by atoms with Gasteiger partial charge in [0, 0.05) is 0 Å².